The highest BCUT2D eigenvalue weighted by Gasteiger charge is 2.37. The van der Waals surface area contributed by atoms with Gasteiger partial charge in [0.15, 0.2) is 0 Å². The van der Waals surface area contributed by atoms with Gasteiger partial charge >= 0.3 is 0 Å². The maximum absolute atomic E-state index is 14.7. The predicted octanol–water partition coefficient (Wildman–Crippen LogP) is 3.22. The van der Waals surface area contributed by atoms with Crippen LogP contribution in [0.15, 0.2) is 35.4 Å². The normalized spacial score (nSPS) is 21.2. The standard InChI is InChI=1S/C25H29FN6O3S.2ClH/c1-25(34)14-32(9-7-16-17(26)12-27-18-4-6-22(35-2)31-23(16)18)10-8-20(25)28-11-15-3-5-19-24(29-15)30-21(33)13-36-19;;/h3-6,12,20,28,34H,7-11,13-14H2,1-2H3,(H,29,30,33);2*1H/t20-,25+;;/m0../s1. The Hall–Kier alpha value is -2.28. The van der Waals surface area contributed by atoms with Gasteiger partial charge in [0.2, 0.25) is 11.8 Å². The average molecular weight is 586 g/mol. The van der Waals surface area contributed by atoms with Crippen LogP contribution in [0.1, 0.15) is 24.6 Å². The van der Waals surface area contributed by atoms with E-state index in [1.165, 1.54) is 25.1 Å². The number of likely N-dealkylation sites (tertiary alicyclic amines) is 1. The second kappa shape index (κ2) is 12.7. The summed E-state index contributed by atoms with van der Waals surface area (Å²) in [4.78, 5) is 27.9. The lowest BCUT2D eigenvalue weighted by Crippen LogP contribution is -2.60. The molecule has 5 heterocycles. The molecule has 5 rings (SSSR count). The van der Waals surface area contributed by atoms with Crippen LogP contribution in [-0.4, -0.2) is 75.0 Å². The number of ether oxygens (including phenoxy) is 1. The van der Waals surface area contributed by atoms with E-state index in [2.05, 4.69) is 30.5 Å². The van der Waals surface area contributed by atoms with E-state index in [0.29, 0.717) is 60.1 Å². The lowest BCUT2D eigenvalue weighted by Gasteiger charge is -2.43. The summed E-state index contributed by atoms with van der Waals surface area (Å²) in [5, 5.41) is 17.5. The Morgan fingerprint density at radius 3 is 2.87 bits per heavy atom. The van der Waals surface area contributed by atoms with Gasteiger partial charge in [0.25, 0.3) is 0 Å². The van der Waals surface area contributed by atoms with Gasteiger partial charge in [0, 0.05) is 37.3 Å². The lowest BCUT2D eigenvalue weighted by molar-refractivity contribution is -0.113. The molecule has 0 bridgehead atoms. The molecule has 1 saturated heterocycles. The van der Waals surface area contributed by atoms with Gasteiger partial charge in [-0.3, -0.25) is 9.78 Å². The van der Waals surface area contributed by atoms with E-state index in [-0.39, 0.29) is 36.8 Å². The van der Waals surface area contributed by atoms with Crippen LogP contribution in [0.5, 0.6) is 5.88 Å². The summed E-state index contributed by atoms with van der Waals surface area (Å²) in [7, 11) is 1.53. The van der Waals surface area contributed by atoms with E-state index in [1.54, 1.807) is 12.1 Å². The first kappa shape index (κ1) is 30.3. The van der Waals surface area contributed by atoms with Crippen molar-refractivity contribution in [3.63, 3.8) is 0 Å². The molecule has 2 aliphatic heterocycles. The molecule has 0 spiro atoms. The third kappa shape index (κ3) is 6.64. The third-order valence-corrected chi connectivity index (χ3v) is 7.76. The van der Waals surface area contributed by atoms with Gasteiger partial charge in [0.1, 0.15) is 11.6 Å². The molecule has 3 N–H and O–H groups in total. The first-order chi connectivity index (χ1) is 17.3. The number of hydrogen-bond acceptors (Lipinski definition) is 9. The Morgan fingerprint density at radius 2 is 2.11 bits per heavy atom. The molecule has 13 heteroatoms. The molecule has 38 heavy (non-hydrogen) atoms. The molecule has 0 aliphatic carbocycles. The molecule has 0 aromatic carbocycles. The number of nitrogens with zero attached hydrogens (tertiary/aromatic N) is 4. The van der Waals surface area contributed by atoms with Crippen LogP contribution in [0, 0.1) is 5.82 Å². The molecular weight excluding hydrogens is 554 g/mol. The fraction of sp³-hybridized carbons (Fsp3) is 0.440. The SMILES string of the molecule is COc1ccc2ncc(F)c(CCN3CC[C@H](NCc4ccc5c(n4)NC(=O)CS5)[C@](C)(O)C3)c2n1.Cl.Cl. The number of carbonyl (C=O) groups is 1. The van der Waals surface area contributed by atoms with Gasteiger partial charge in [-0.1, -0.05) is 0 Å². The van der Waals surface area contributed by atoms with Crippen molar-refractivity contribution >= 4 is 59.3 Å². The van der Waals surface area contributed by atoms with E-state index in [4.69, 9.17) is 4.74 Å². The summed E-state index contributed by atoms with van der Waals surface area (Å²) < 4.78 is 19.9. The number of aromatic nitrogens is 3. The number of aliphatic hydroxyl groups is 1. The second-order valence-corrected chi connectivity index (χ2v) is 10.4. The van der Waals surface area contributed by atoms with Crippen molar-refractivity contribution in [1.82, 2.24) is 25.2 Å². The number of rotatable bonds is 7. The van der Waals surface area contributed by atoms with Crippen molar-refractivity contribution < 1.29 is 19.0 Å². The Morgan fingerprint density at radius 1 is 1.29 bits per heavy atom. The highest BCUT2D eigenvalue weighted by atomic mass is 35.5. The van der Waals surface area contributed by atoms with Crippen LogP contribution in [0.3, 0.4) is 0 Å². The Bertz CT molecular complexity index is 1300. The van der Waals surface area contributed by atoms with Crippen molar-refractivity contribution in [2.75, 3.05) is 37.8 Å². The van der Waals surface area contributed by atoms with Crippen LogP contribution >= 0.6 is 36.6 Å². The Balaban J connectivity index is 0.00000200. The number of piperidine rings is 1. The zero-order chi connectivity index (χ0) is 25.3. The van der Waals surface area contributed by atoms with Crippen LogP contribution in [0.2, 0.25) is 0 Å². The number of amides is 1. The predicted molar refractivity (Wildman–Crippen MR) is 150 cm³/mol. The topological polar surface area (TPSA) is 112 Å². The van der Waals surface area contributed by atoms with Crippen molar-refractivity contribution in [3.05, 3.63) is 47.5 Å². The van der Waals surface area contributed by atoms with E-state index in [1.807, 2.05) is 19.1 Å². The number of anilines is 1. The molecule has 9 nitrogen and oxygen atoms in total. The third-order valence-electron chi connectivity index (χ3n) is 6.72. The molecule has 2 atom stereocenters. The summed E-state index contributed by atoms with van der Waals surface area (Å²) in [6.07, 6.45) is 2.41. The number of carbonyl (C=O) groups excluding carboxylic acids is 1. The van der Waals surface area contributed by atoms with Gasteiger partial charge < -0.3 is 25.4 Å². The first-order valence-corrected chi connectivity index (χ1v) is 12.9. The summed E-state index contributed by atoms with van der Waals surface area (Å²) >= 11 is 1.48. The highest BCUT2D eigenvalue weighted by molar-refractivity contribution is 8.00. The number of fused-ring (bicyclic) bond motifs is 2. The Kier molecular flexibility index (Phi) is 10.1. The van der Waals surface area contributed by atoms with Gasteiger partial charge in [0.05, 0.1) is 46.3 Å². The molecule has 3 aromatic rings. The fourth-order valence-electron chi connectivity index (χ4n) is 4.81. The maximum atomic E-state index is 14.7. The largest absolute Gasteiger partial charge is 0.481 e. The van der Waals surface area contributed by atoms with E-state index in [0.717, 1.165) is 23.6 Å². The quantitative estimate of drug-likeness (QED) is 0.385. The van der Waals surface area contributed by atoms with Gasteiger partial charge in [-0.2, -0.15) is 0 Å². The van der Waals surface area contributed by atoms with Gasteiger partial charge in [-0.25, -0.2) is 14.4 Å². The number of nitrogens with one attached hydrogen (secondary N) is 2. The molecule has 2 aliphatic rings. The molecule has 3 aromatic heterocycles. The van der Waals surface area contributed by atoms with Crippen molar-refractivity contribution in [2.45, 2.75) is 42.8 Å². The smallest absolute Gasteiger partial charge is 0.235 e. The number of halogens is 3. The fourth-order valence-corrected chi connectivity index (χ4v) is 5.56. The maximum Gasteiger partial charge on any atom is 0.235 e. The lowest BCUT2D eigenvalue weighted by atomic mass is 9.88. The second-order valence-electron chi connectivity index (χ2n) is 9.40. The number of methoxy groups -OCH3 is 1. The van der Waals surface area contributed by atoms with Crippen LogP contribution in [-0.2, 0) is 17.8 Å². The summed E-state index contributed by atoms with van der Waals surface area (Å²) in [6, 6.07) is 7.27. The van der Waals surface area contributed by atoms with Crippen LogP contribution < -0.4 is 15.4 Å². The molecule has 1 amide bonds. The number of β-amino-alcohol motifs (C(OH)–C–C–N with tert-alkyl or cyclic N) is 1. The molecular formula is C25H31Cl2FN6O3S. The molecule has 1 fully saturated rings. The molecule has 206 valence electrons. The highest BCUT2D eigenvalue weighted by Crippen LogP contribution is 2.30. The molecule has 0 unspecified atom stereocenters. The number of thioether (sulfide) groups is 1. The van der Waals surface area contributed by atoms with E-state index >= 15 is 0 Å². The van der Waals surface area contributed by atoms with Crippen molar-refractivity contribution in [2.24, 2.45) is 0 Å². The Labute approximate surface area is 237 Å². The van der Waals surface area contributed by atoms with Gasteiger partial charge in [-0.05, 0) is 44.5 Å². The first-order valence-electron chi connectivity index (χ1n) is 11.9. The van der Waals surface area contributed by atoms with Gasteiger partial charge in [-0.15, -0.1) is 36.6 Å². The average Bonchev–Trinajstić information content (AvgIpc) is 2.86. The monoisotopic (exact) mass is 584 g/mol. The minimum Gasteiger partial charge on any atom is -0.481 e. The number of hydrogen-bond donors (Lipinski definition) is 3. The zero-order valence-corrected chi connectivity index (χ0v) is 23.5. The summed E-state index contributed by atoms with van der Waals surface area (Å²) in [6.45, 7) is 4.11. The van der Waals surface area contributed by atoms with Crippen LogP contribution in [0.4, 0.5) is 10.2 Å². The molecule has 0 saturated carbocycles. The van der Waals surface area contributed by atoms with Crippen molar-refractivity contribution in [1.29, 1.82) is 0 Å². The van der Waals surface area contributed by atoms with E-state index < -0.39 is 11.4 Å². The van der Waals surface area contributed by atoms with E-state index in [9.17, 15) is 14.3 Å². The number of pyridine rings is 3. The summed E-state index contributed by atoms with van der Waals surface area (Å²) in [5.41, 5.74) is 1.46. The zero-order valence-electron chi connectivity index (χ0n) is 21.1. The molecule has 0 radical (unpaired) electrons. The van der Waals surface area contributed by atoms with Crippen LogP contribution in [0.25, 0.3) is 11.0 Å². The minimum atomic E-state index is -0.975. The van der Waals surface area contributed by atoms with Crippen molar-refractivity contribution in [3.8, 4) is 5.88 Å². The minimum absolute atomic E-state index is 0. The summed E-state index contributed by atoms with van der Waals surface area (Å²) in [5.74, 6) is 0.983.